The molecule has 1 N–H and O–H groups in total. The van der Waals surface area contributed by atoms with E-state index < -0.39 is 5.97 Å². The van der Waals surface area contributed by atoms with Crippen molar-refractivity contribution in [3.8, 4) is 17.2 Å². The molecule has 4 heterocycles. The topological polar surface area (TPSA) is 107 Å². The van der Waals surface area contributed by atoms with E-state index in [4.69, 9.17) is 4.74 Å². The quantitative estimate of drug-likeness (QED) is 0.354. The second kappa shape index (κ2) is 9.64. The highest BCUT2D eigenvalue weighted by atomic mass is 16.5. The van der Waals surface area contributed by atoms with E-state index in [-0.39, 0.29) is 17.4 Å². The van der Waals surface area contributed by atoms with Gasteiger partial charge in [0.25, 0.3) is 0 Å². The minimum absolute atomic E-state index is 0.0685. The smallest absolute Gasteiger partial charge is 0.354 e. The molecule has 1 aliphatic rings. The van der Waals surface area contributed by atoms with Crippen molar-refractivity contribution >= 4 is 17.1 Å². The third-order valence-corrected chi connectivity index (χ3v) is 6.99. The molecule has 10 nitrogen and oxygen atoms in total. The van der Waals surface area contributed by atoms with Gasteiger partial charge in [-0.1, -0.05) is 18.2 Å². The maximum atomic E-state index is 13.8. The molecule has 2 aromatic carbocycles. The average molecular weight is 511 g/mol. The van der Waals surface area contributed by atoms with Crippen molar-refractivity contribution in [2.75, 3.05) is 13.1 Å². The fourth-order valence-corrected chi connectivity index (χ4v) is 5.08. The van der Waals surface area contributed by atoms with Gasteiger partial charge in [0.1, 0.15) is 23.0 Å². The lowest BCUT2D eigenvalue weighted by atomic mass is 10.2. The minimum atomic E-state index is -1.00. The number of carboxylic acids is 1. The number of ether oxygens (including phenoxy) is 1. The molecule has 38 heavy (non-hydrogen) atoms. The molecule has 0 spiro atoms. The average Bonchev–Trinajstić information content (AvgIpc) is 3.61. The first-order chi connectivity index (χ1) is 18.5. The van der Waals surface area contributed by atoms with Crippen molar-refractivity contribution in [3.63, 3.8) is 0 Å². The second-order valence-electron chi connectivity index (χ2n) is 9.34. The Balaban J connectivity index is 1.28. The predicted octanol–water partition coefficient (Wildman–Crippen LogP) is 3.86. The summed E-state index contributed by atoms with van der Waals surface area (Å²) < 4.78 is 11.0. The van der Waals surface area contributed by atoms with E-state index in [0.717, 1.165) is 29.9 Å². The van der Waals surface area contributed by atoms with Crippen molar-refractivity contribution in [2.24, 2.45) is 7.05 Å². The first-order valence-electron chi connectivity index (χ1n) is 12.4. The first kappa shape index (κ1) is 23.7. The Kier molecular flexibility index (Phi) is 6.01. The van der Waals surface area contributed by atoms with E-state index in [1.807, 2.05) is 66.7 Å². The van der Waals surface area contributed by atoms with E-state index in [0.29, 0.717) is 30.3 Å². The van der Waals surface area contributed by atoms with E-state index in [2.05, 4.69) is 14.9 Å². The number of pyridine rings is 1. The summed E-state index contributed by atoms with van der Waals surface area (Å²) in [6, 6.07) is 20.7. The van der Waals surface area contributed by atoms with Crippen LogP contribution in [0.3, 0.4) is 0 Å². The van der Waals surface area contributed by atoms with Crippen LogP contribution in [0.2, 0.25) is 0 Å². The van der Waals surface area contributed by atoms with Gasteiger partial charge < -0.3 is 14.4 Å². The van der Waals surface area contributed by atoms with E-state index in [1.54, 1.807) is 26.9 Å². The summed E-state index contributed by atoms with van der Waals surface area (Å²) >= 11 is 0. The molecule has 6 rings (SSSR count). The SMILES string of the molecule is Cn1c(C(=O)O)cnc1CN1CC[C@H](n2c(=O)n(-c3ccc(Oc4ccccc4)cc3)c3cccnc32)C1. The van der Waals surface area contributed by atoms with E-state index >= 15 is 0 Å². The molecule has 1 atom stereocenters. The Morgan fingerprint density at radius 2 is 1.79 bits per heavy atom. The number of aromatic carboxylic acids is 1. The highest BCUT2D eigenvalue weighted by molar-refractivity contribution is 5.85. The van der Waals surface area contributed by atoms with Crippen LogP contribution in [0.15, 0.2) is 83.9 Å². The van der Waals surface area contributed by atoms with Gasteiger partial charge in [-0.15, -0.1) is 0 Å². The normalized spacial score (nSPS) is 15.8. The minimum Gasteiger partial charge on any atom is -0.477 e. The lowest BCUT2D eigenvalue weighted by Gasteiger charge is -2.16. The third kappa shape index (κ3) is 4.24. The number of hydrogen-bond donors (Lipinski definition) is 1. The van der Waals surface area contributed by atoms with E-state index in [9.17, 15) is 14.7 Å². The van der Waals surface area contributed by atoms with Crippen LogP contribution < -0.4 is 10.4 Å². The summed E-state index contributed by atoms with van der Waals surface area (Å²) in [6.07, 6.45) is 3.85. The number of fused-ring (bicyclic) bond motifs is 1. The standard InChI is InChI=1S/C28H26N6O4/c1-31-24(27(35)36)16-30-25(31)18-32-15-13-20(17-32)34-26-23(8-5-14-29-26)33(28(34)37)19-9-11-22(12-10-19)38-21-6-3-2-4-7-21/h2-12,14,16,20H,13,15,17-18H2,1H3,(H,35,36)/t20-/m0/s1. The fourth-order valence-electron chi connectivity index (χ4n) is 5.08. The van der Waals surface area contributed by atoms with Gasteiger partial charge in [0.05, 0.1) is 30.0 Å². The molecule has 0 aliphatic carbocycles. The van der Waals surface area contributed by atoms with Crippen molar-refractivity contribution in [1.29, 1.82) is 0 Å². The largest absolute Gasteiger partial charge is 0.477 e. The Hall–Kier alpha value is -4.70. The molecule has 1 fully saturated rings. The molecule has 0 radical (unpaired) electrons. The Labute approximate surface area is 218 Å². The maximum Gasteiger partial charge on any atom is 0.354 e. The Morgan fingerprint density at radius 1 is 1.03 bits per heavy atom. The van der Waals surface area contributed by atoms with E-state index in [1.165, 1.54) is 6.20 Å². The number of hydrogen-bond acceptors (Lipinski definition) is 6. The number of carbonyl (C=O) groups is 1. The van der Waals surface area contributed by atoms with Crippen LogP contribution >= 0.6 is 0 Å². The number of aromatic nitrogens is 5. The zero-order valence-corrected chi connectivity index (χ0v) is 20.8. The molecule has 5 aromatic rings. The Morgan fingerprint density at radius 3 is 2.53 bits per heavy atom. The van der Waals surface area contributed by atoms with Crippen LogP contribution in [0.5, 0.6) is 11.5 Å². The summed E-state index contributed by atoms with van der Waals surface area (Å²) in [7, 11) is 1.71. The lowest BCUT2D eigenvalue weighted by molar-refractivity contribution is 0.0686. The second-order valence-corrected chi connectivity index (χ2v) is 9.34. The molecule has 0 unspecified atom stereocenters. The fraction of sp³-hybridized carbons (Fsp3) is 0.214. The number of benzene rings is 2. The van der Waals surface area contributed by atoms with Gasteiger partial charge in [0, 0.05) is 26.3 Å². The van der Waals surface area contributed by atoms with Crippen LogP contribution in [0.1, 0.15) is 28.8 Å². The molecule has 0 bridgehead atoms. The number of rotatable bonds is 7. The number of para-hydroxylation sites is 1. The zero-order valence-electron chi connectivity index (χ0n) is 20.8. The van der Waals surface area contributed by atoms with Gasteiger partial charge in [-0.3, -0.25) is 14.0 Å². The van der Waals surface area contributed by atoms with Crippen LogP contribution in [-0.2, 0) is 13.6 Å². The van der Waals surface area contributed by atoms with Crippen LogP contribution in [0.4, 0.5) is 0 Å². The van der Waals surface area contributed by atoms with Gasteiger partial charge in [0.15, 0.2) is 5.65 Å². The number of carboxylic acid groups (broad SMARTS) is 1. The third-order valence-electron chi connectivity index (χ3n) is 6.99. The summed E-state index contributed by atoms with van der Waals surface area (Å²) in [5, 5.41) is 9.31. The predicted molar refractivity (Wildman–Crippen MR) is 141 cm³/mol. The molecule has 10 heteroatoms. The molecule has 1 aliphatic heterocycles. The molecule has 3 aromatic heterocycles. The zero-order chi connectivity index (χ0) is 26.2. The van der Waals surface area contributed by atoms with Gasteiger partial charge in [-0.05, 0) is 55.0 Å². The van der Waals surface area contributed by atoms with Crippen molar-refractivity contribution in [3.05, 3.63) is 101 Å². The van der Waals surface area contributed by atoms with Gasteiger partial charge >= 0.3 is 11.7 Å². The number of imidazole rings is 2. The van der Waals surface area contributed by atoms with Crippen LogP contribution in [-0.4, -0.2) is 52.7 Å². The summed E-state index contributed by atoms with van der Waals surface area (Å²) in [4.78, 5) is 36.2. The maximum absolute atomic E-state index is 13.8. The van der Waals surface area contributed by atoms with Gasteiger partial charge in [-0.25, -0.2) is 19.6 Å². The highest BCUT2D eigenvalue weighted by Gasteiger charge is 2.30. The summed E-state index contributed by atoms with van der Waals surface area (Å²) in [6.45, 7) is 1.90. The summed E-state index contributed by atoms with van der Waals surface area (Å²) in [5.74, 6) is 1.10. The molecular weight excluding hydrogens is 484 g/mol. The lowest BCUT2D eigenvalue weighted by Crippen LogP contribution is -2.29. The number of nitrogens with zero attached hydrogens (tertiary/aromatic N) is 6. The van der Waals surface area contributed by atoms with Gasteiger partial charge in [0.2, 0.25) is 0 Å². The van der Waals surface area contributed by atoms with Crippen LogP contribution in [0.25, 0.3) is 16.9 Å². The Bertz CT molecular complexity index is 1670. The van der Waals surface area contributed by atoms with Crippen LogP contribution in [0, 0.1) is 0 Å². The molecule has 1 saturated heterocycles. The van der Waals surface area contributed by atoms with Crippen molar-refractivity contribution < 1.29 is 14.6 Å². The van der Waals surface area contributed by atoms with Gasteiger partial charge in [-0.2, -0.15) is 0 Å². The molecule has 0 amide bonds. The summed E-state index contributed by atoms with van der Waals surface area (Å²) in [5.41, 5.74) is 2.12. The molecule has 0 saturated carbocycles. The van der Waals surface area contributed by atoms with Crippen molar-refractivity contribution in [2.45, 2.75) is 19.0 Å². The van der Waals surface area contributed by atoms with Crippen molar-refractivity contribution in [1.82, 2.24) is 28.6 Å². The monoisotopic (exact) mass is 510 g/mol. The highest BCUT2D eigenvalue weighted by Crippen LogP contribution is 2.28. The molecular formula is C28H26N6O4. The first-order valence-corrected chi connectivity index (χ1v) is 12.4. The number of likely N-dealkylation sites (tertiary alicyclic amines) is 1. The molecule has 192 valence electrons.